The van der Waals surface area contributed by atoms with Gasteiger partial charge in [-0.2, -0.15) is 5.26 Å². The number of rotatable bonds is 8. The summed E-state index contributed by atoms with van der Waals surface area (Å²) in [6.45, 7) is 5.06. The van der Waals surface area contributed by atoms with Crippen molar-refractivity contribution >= 4 is 40.2 Å². The maximum atomic E-state index is 12.1. The van der Waals surface area contributed by atoms with E-state index in [1.165, 1.54) is 22.7 Å². The number of esters is 1. The number of hydrogen-bond acceptors (Lipinski definition) is 8. The van der Waals surface area contributed by atoms with Gasteiger partial charge in [0.2, 0.25) is 0 Å². The number of thiophene rings is 1. The molecule has 2 rings (SSSR count). The van der Waals surface area contributed by atoms with E-state index in [0.717, 1.165) is 15.4 Å². The molecule has 0 aliphatic rings. The Morgan fingerprint density at radius 1 is 1.27 bits per heavy atom. The Morgan fingerprint density at radius 3 is 2.54 bits per heavy atom. The van der Waals surface area contributed by atoms with Gasteiger partial charge in [0.1, 0.15) is 5.01 Å². The number of thiazole rings is 1. The van der Waals surface area contributed by atoms with Gasteiger partial charge in [-0.3, -0.25) is 14.4 Å². The summed E-state index contributed by atoms with van der Waals surface area (Å²) in [5.74, 6) is -2.32. The number of nitriles is 1. The van der Waals surface area contributed by atoms with Crippen LogP contribution >= 0.6 is 22.7 Å². The highest BCUT2D eigenvalue weighted by molar-refractivity contribution is 7.12. The summed E-state index contributed by atoms with van der Waals surface area (Å²) >= 11 is 2.76. The Balaban J connectivity index is 1.82. The first-order chi connectivity index (χ1) is 12.3. The lowest BCUT2D eigenvalue weighted by Gasteiger charge is -2.07. The molecule has 0 saturated heterocycles. The van der Waals surface area contributed by atoms with Crippen molar-refractivity contribution in [2.24, 2.45) is 0 Å². The second-order valence-electron chi connectivity index (χ2n) is 5.77. The summed E-state index contributed by atoms with van der Waals surface area (Å²) in [4.78, 5) is 42.1. The van der Waals surface area contributed by atoms with Gasteiger partial charge in [-0.1, -0.05) is 0 Å². The van der Waals surface area contributed by atoms with Crippen molar-refractivity contribution in [3.63, 3.8) is 0 Å². The number of ketones is 2. The molecule has 0 aliphatic carbocycles. The van der Waals surface area contributed by atoms with Gasteiger partial charge in [-0.05, 0) is 26.8 Å². The van der Waals surface area contributed by atoms with E-state index in [4.69, 9.17) is 10.00 Å². The van der Waals surface area contributed by atoms with Crippen molar-refractivity contribution in [1.29, 1.82) is 5.26 Å². The number of carbonyl (C=O) groups excluding carboxylic acids is 3. The quantitative estimate of drug-likeness (QED) is 0.505. The molecular weight excluding hydrogens is 372 g/mol. The number of Topliss-reactive ketones (excluding diaryl/α,β-unsaturated/α-hetero) is 2. The Hall–Kier alpha value is -2.37. The fourth-order valence-electron chi connectivity index (χ4n) is 2.33. The number of carbonyl (C=O) groups is 3. The van der Waals surface area contributed by atoms with Crippen LogP contribution in [0.3, 0.4) is 0 Å². The zero-order valence-electron chi connectivity index (χ0n) is 14.7. The van der Waals surface area contributed by atoms with Crippen LogP contribution in [-0.2, 0) is 14.3 Å². The van der Waals surface area contributed by atoms with Crippen LogP contribution in [0, 0.1) is 32.1 Å². The molecule has 0 N–H and O–H groups in total. The maximum Gasteiger partial charge on any atom is 0.306 e. The molecule has 136 valence electrons. The van der Waals surface area contributed by atoms with E-state index >= 15 is 0 Å². The molecule has 1 unspecified atom stereocenters. The minimum absolute atomic E-state index is 0.0252. The van der Waals surface area contributed by atoms with E-state index in [1.807, 2.05) is 26.0 Å². The van der Waals surface area contributed by atoms with E-state index < -0.39 is 24.3 Å². The molecule has 0 bridgehead atoms. The Morgan fingerprint density at radius 2 is 2.00 bits per heavy atom. The molecule has 0 fully saturated rings. The first kappa shape index (κ1) is 19.9. The first-order valence-corrected chi connectivity index (χ1v) is 9.61. The minimum atomic E-state index is -1.04. The van der Waals surface area contributed by atoms with Crippen LogP contribution < -0.4 is 0 Å². The summed E-state index contributed by atoms with van der Waals surface area (Å²) in [6, 6.07) is 3.70. The van der Waals surface area contributed by atoms with Gasteiger partial charge in [-0.15, -0.1) is 22.7 Å². The fraction of sp³-hybridized carbons (Fsp3) is 0.389. The van der Waals surface area contributed by atoms with E-state index in [-0.39, 0.29) is 18.6 Å². The average molecular weight is 390 g/mol. The van der Waals surface area contributed by atoms with E-state index in [9.17, 15) is 14.4 Å². The van der Waals surface area contributed by atoms with Gasteiger partial charge in [0.15, 0.2) is 24.1 Å². The average Bonchev–Trinajstić information content (AvgIpc) is 3.16. The Labute approximate surface area is 159 Å². The van der Waals surface area contributed by atoms with Gasteiger partial charge in [0.05, 0.1) is 12.5 Å². The molecule has 6 nitrogen and oxygen atoms in total. The molecule has 2 aromatic rings. The molecule has 0 spiro atoms. The van der Waals surface area contributed by atoms with E-state index in [1.54, 1.807) is 12.3 Å². The Kier molecular flexibility index (Phi) is 6.77. The minimum Gasteiger partial charge on any atom is -0.458 e. The molecule has 2 aromatic heterocycles. The van der Waals surface area contributed by atoms with Crippen molar-refractivity contribution < 1.29 is 19.1 Å². The SMILES string of the molecule is Cc1csc(C(C#N)C(=O)COC(=O)CCC(=O)c2cc(C)sc2C)n1. The van der Waals surface area contributed by atoms with Crippen LogP contribution in [0.1, 0.15) is 49.6 Å². The third-order valence-corrected chi connectivity index (χ3v) is 5.60. The highest BCUT2D eigenvalue weighted by atomic mass is 32.1. The summed E-state index contributed by atoms with van der Waals surface area (Å²) in [5, 5.41) is 11.3. The molecular formula is C18H18N2O4S2. The topological polar surface area (TPSA) is 97.1 Å². The zero-order chi connectivity index (χ0) is 19.3. The normalized spacial score (nSPS) is 11.6. The molecule has 0 radical (unpaired) electrons. The molecule has 0 amide bonds. The van der Waals surface area contributed by atoms with Crippen LogP contribution in [0.25, 0.3) is 0 Å². The molecule has 0 saturated carbocycles. The molecule has 26 heavy (non-hydrogen) atoms. The van der Waals surface area contributed by atoms with Crippen LogP contribution in [0.4, 0.5) is 0 Å². The summed E-state index contributed by atoms with van der Waals surface area (Å²) < 4.78 is 4.92. The van der Waals surface area contributed by atoms with Crippen molar-refractivity contribution in [3.05, 3.63) is 37.5 Å². The lowest BCUT2D eigenvalue weighted by Crippen LogP contribution is -2.20. The molecule has 0 aromatic carbocycles. The standard InChI is InChI=1S/C18H18N2O4S2/c1-10-9-25-18(20-10)14(7-19)16(22)8-24-17(23)5-4-15(21)13-6-11(2)26-12(13)3/h6,9,14H,4-5,8H2,1-3H3. The predicted molar refractivity (Wildman–Crippen MR) is 98.5 cm³/mol. The summed E-state index contributed by atoms with van der Waals surface area (Å²) in [5.41, 5.74) is 1.35. The number of aryl methyl sites for hydroxylation is 3. The van der Waals surface area contributed by atoms with Crippen molar-refractivity contribution in [1.82, 2.24) is 4.98 Å². The maximum absolute atomic E-state index is 12.1. The third-order valence-electron chi connectivity index (χ3n) is 3.61. The number of aromatic nitrogens is 1. The zero-order valence-corrected chi connectivity index (χ0v) is 16.3. The highest BCUT2D eigenvalue weighted by Gasteiger charge is 2.24. The van der Waals surface area contributed by atoms with Crippen LogP contribution in [-0.4, -0.2) is 29.1 Å². The third kappa shape index (κ3) is 5.07. The fourth-order valence-corrected chi connectivity index (χ4v) is 4.14. The predicted octanol–water partition coefficient (Wildman–Crippen LogP) is 3.51. The van der Waals surface area contributed by atoms with Crippen LogP contribution in [0.2, 0.25) is 0 Å². The molecule has 1 atom stereocenters. The van der Waals surface area contributed by atoms with Gasteiger partial charge in [0.25, 0.3) is 0 Å². The van der Waals surface area contributed by atoms with Gasteiger partial charge >= 0.3 is 5.97 Å². The van der Waals surface area contributed by atoms with Crippen molar-refractivity contribution in [2.45, 2.75) is 39.5 Å². The summed E-state index contributed by atoms with van der Waals surface area (Å²) in [7, 11) is 0. The second-order valence-corrected chi connectivity index (χ2v) is 8.12. The van der Waals surface area contributed by atoms with Gasteiger partial charge in [0, 0.05) is 32.8 Å². The lowest BCUT2D eigenvalue weighted by atomic mass is 10.1. The van der Waals surface area contributed by atoms with Crippen molar-refractivity contribution in [2.75, 3.05) is 6.61 Å². The number of nitrogens with zero attached hydrogens (tertiary/aromatic N) is 2. The largest absolute Gasteiger partial charge is 0.458 e. The number of ether oxygens (including phenoxy) is 1. The highest BCUT2D eigenvalue weighted by Crippen LogP contribution is 2.23. The summed E-state index contributed by atoms with van der Waals surface area (Å²) in [6.07, 6.45) is -0.0780. The van der Waals surface area contributed by atoms with Crippen LogP contribution in [0.15, 0.2) is 11.4 Å². The monoisotopic (exact) mass is 390 g/mol. The van der Waals surface area contributed by atoms with Crippen LogP contribution in [0.5, 0.6) is 0 Å². The Bertz CT molecular complexity index is 876. The molecule has 2 heterocycles. The lowest BCUT2D eigenvalue weighted by molar-refractivity contribution is -0.148. The second kappa shape index (κ2) is 8.83. The van der Waals surface area contributed by atoms with Gasteiger partial charge in [-0.25, -0.2) is 4.98 Å². The smallest absolute Gasteiger partial charge is 0.306 e. The van der Waals surface area contributed by atoms with Gasteiger partial charge < -0.3 is 4.74 Å². The first-order valence-electron chi connectivity index (χ1n) is 7.92. The van der Waals surface area contributed by atoms with E-state index in [2.05, 4.69) is 4.98 Å². The molecule has 8 heteroatoms. The molecule has 0 aliphatic heterocycles. The number of hydrogen-bond donors (Lipinski definition) is 0. The van der Waals surface area contributed by atoms with E-state index in [0.29, 0.717) is 10.6 Å². The van der Waals surface area contributed by atoms with Crippen molar-refractivity contribution in [3.8, 4) is 6.07 Å².